The van der Waals surface area contributed by atoms with Crippen LogP contribution in [0.2, 0.25) is 0 Å². The summed E-state index contributed by atoms with van der Waals surface area (Å²) >= 11 is 0. The van der Waals surface area contributed by atoms with Crippen molar-refractivity contribution < 1.29 is 4.74 Å². The second kappa shape index (κ2) is 8.27. The predicted molar refractivity (Wildman–Crippen MR) is 103 cm³/mol. The quantitative estimate of drug-likeness (QED) is 0.773. The number of piperidine rings is 1. The van der Waals surface area contributed by atoms with Gasteiger partial charge in [-0.05, 0) is 38.3 Å². The van der Waals surface area contributed by atoms with E-state index >= 15 is 0 Å². The van der Waals surface area contributed by atoms with Gasteiger partial charge in [0.05, 0.1) is 6.61 Å². The molecule has 4 rings (SSSR count). The SMILES string of the molecule is COCCc1ncc(CN2CCCC23CCN(c2ncccn2)CC3)cn1. The lowest BCUT2D eigenvalue weighted by Gasteiger charge is -2.45. The zero-order valence-corrected chi connectivity index (χ0v) is 16.0. The number of ether oxygens (including phenoxy) is 1. The fraction of sp³-hybridized carbons (Fsp3) is 0.600. The normalized spacial score (nSPS) is 19.7. The lowest BCUT2D eigenvalue weighted by molar-refractivity contribution is 0.0992. The Labute approximate surface area is 160 Å². The third-order valence-corrected chi connectivity index (χ3v) is 5.93. The summed E-state index contributed by atoms with van der Waals surface area (Å²) in [5.41, 5.74) is 1.51. The van der Waals surface area contributed by atoms with Gasteiger partial charge >= 0.3 is 0 Å². The number of aromatic nitrogens is 4. The number of hydrogen-bond donors (Lipinski definition) is 0. The van der Waals surface area contributed by atoms with Crippen LogP contribution >= 0.6 is 0 Å². The van der Waals surface area contributed by atoms with Crippen LogP contribution < -0.4 is 4.90 Å². The number of anilines is 1. The first-order valence-electron chi connectivity index (χ1n) is 9.85. The Hall–Kier alpha value is -2.12. The van der Waals surface area contributed by atoms with Gasteiger partial charge in [-0.15, -0.1) is 0 Å². The van der Waals surface area contributed by atoms with Crippen molar-refractivity contribution in [3.8, 4) is 0 Å². The molecule has 1 spiro atoms. The van der Waals surface area contributed by atoms with Crippen molar-refractivity contribution in [3.63, 3.8) is 0 Å². The molecule has 0 N–H and O–H groups in total. The van der Waals surface area contributed by atoms with E-state index in [0.717, 1.165) is 57.2 Å². The van der Waals surface area contributed by atoms with E-state index in [4.69, 9.17) is 4.74 Å². The Balaban J connectivity index is 1.38. The van der Waals surface area contributed by atoms with Gasteiger partial charge < -0.3 is 9.64 Å². The van der Waals surface area contributed by atoms with Crippen LogP contribution in [0.3, 0.4) is 0 Å². The van der Waals surface area contributed by atoms with Crippen molar-refractivity contribution in [3.05, 3.63) is 42.2 Å². The molecule has 2 aromatic rings. The molecule has 0 saturated carbocycles. The molecule has 2 aliphatic heterocycles. The van der Waals surface area contributed by atoms with E-state index in [1.54, 1.807) is 7.11 Å². The first-order chi connectivity index (χ1) is 13.3. The van der Waals surface area contributed by atoms with Crippen LogP contribution in [0.25, 0.3) is 0 Å². The smallest absolute Gasteiger partial charge is 0.225 e. The predicted octanol–water partition coefficient (Wildman–Crippen LogP) is 2.09. The Morgan fingerprint density at radius 2 is 1.74 bits per heavy atom. The largest absolute Gasteiger partial charge is 0.384 e. The van der Waals surface area contributed by atoms with Crippen molar-refractivity contribution >= 4 is 5.95 Å². The van der Waals surface area contributed by atoms with Gasteiger partial charge in [-0.1, -0.05) is 0 Å². The third-order valence-electron chi connectivity index (χ3n) is 5.93. The molecule has 144 valence electrons. The first kappa shape index (κ1) is 18.3. The highest BCUT2D eigenvalue weighted by Crippen LogP contribution is 2.39. The standard InChI is InChI=1S/C20H28N6O/c1-27-13-4-18-23-14-17(15-24-18)16-26-10-2-5-20(26)6-11-25(12-7-20)19-21-8-3-9-22-19/h3,8-9,14-15H,2,4-7,10-13,16H2,1H3. The van der Waals surface area contributed by atoms with Crippen LogP contribution in [0.1, 0.15) is 37.1 Å². The summed E-state index contributed by atoms with van der Waals surface area (Å²) in [6.45, 7) is 4.80. The molecule has 2 aliphatic rings. The van der Waals surface area contributed by atoms with E-state index in [2.05, 4.69) is 29.7 Å². The molecular weight excluding hydrogens is 340 g/mol. The molecule has 0 unspecified atom stereocenters. The maximum Gasteiger partial charge on any atom is 0.225 e. The summed E-state index contributed by atoms with van der Waals surface area (Å²) in [4.78, 5) is 22.8. The van der Waals surface area contributed by atoms with E-state index in [1.807, 2.05) is 30.9 Å². The van der Waals surface area contributed by atoms with Crippen LogP contribution in [0.5, 0.6) is 0 Å². The summed E-state index contributed by atoms with van der Waals surface area (Å²) in [6, 6.07) is 1.87. The van der Waals surface area contributed by atoms with Gasteiger partial charge in [-0.3, -0.25) is 4.90 Å². The Bertz CT molecular complexity index is 715. The minimum absolute atomic E-state index is 0.306. The van der Waals surface area contributed by atoms with E-state index in [0.29, 0.717) is 12.1 Å². The van der Waals surface area contributed by atoms with Gasteiger partial charge in [0.25, 0.3) is 0 Å². The zero-order chi connectivity index (χ0) is 18.5. The molecule has 2 aromatic heterocycles. The van der Waals surface area contributed by atoms with Gasteiger partial charge in [-0.2, -0.15) is 0 Å². The summed E-state index contributed by atoms with van der Waals surface area (Å²) in [6.07, 6.45) is 13.3. The van der Waals surface area contributed by atoms with E-state index in [1.165, 1.54) is 18.4 Å². The summed E-state index contributed by atoms with van der Waals surface area (Å²) < 4.78 is 5.10. The van der Waals surface area contributed by atoms with Crippen LogP contribution in [0.15, 0.2) is 30.9 Å². The summed E-state index contributed by atoms with van der Waals surface area (Å²) in [7, 11) is 1.70. The number of hydrogen-bond acceptors (Lipinski definition) is 7. The molecule has 0 bridgehead atoms. The number of methoxy groups -OCH3 is 1. The maximum atomic E-state index is 5.10. The number of rotatable bonds is 6. The highest BCUT2D eigenvalue weighted by Gasteiger charge is 2.43. The average Bonchev–Trinajstić information content (AvgIpc) is 3.10. The molecule has 0 radical (unpaired) electrons. The molecule has 27 heavy (non-hydrogen) atoms. The second-order valence-corrected chi connectivity index (χ2v) is 7.54. The van der Waals surface area contributed by atoms with Gasteiger partial charge in [0.15, 0.2) is 0 Å². The topological polar surface area (TPSA) is 67.3 Å². The van der Waals surface area contributed by atoms with Gasteiger partial charge in [0.1, 0.15) is 5.82 Å². The third kappa shape index (κ3) is 4.09. The molecule has 7 heteroatoms. The highest BCUT2D eigenvalue weighted by atomic mass is 16.5. The molecule has 0 aliphatic carbocycles. The fourth-order valence-electron chi connectivity index (χ4n) is 4.39. The zero-order valence-electron chi connectivity index (χ0n) is 16.0. The summed E-state index contributed by atoms with van der Waals surface area (Å²) in [5.74, 6) is 1.71. The van der Waals surface area contributed by atoms with Crippen LogP contribution in [0.4, 0.5) is 5.95 Å². The van der Waals surface area contributed by atoms with Crippen LogP contribution in [-0.2, 0) is 17.7 Å². The molecule has 2 fully saturated rings. The molecular formula is C20H28N6O. The fourth-order valence-corrected chi connectivity index (χ4v) is 4.39. The van der Waals surface area contributed by atoms with Gasteiger partial charge in [0.2, 0.25) is 5.95 Å². The minimum atomic E-state index is 0.306. The first-order valence-corrected chi connectivity index (χ1v) is 9.85. The van der Waals surface area contributed by atoms with E-state index in [9.17, 15) is 0 Å². The van der Waals surface area contributed by atoms with Crippen LogP contribution in [0, 0.1) is 0 Å². The molecule has 7 nitrogen and oxygen atoms in total. The minimum Gasteiger partial charge on any atom is -0.384 e. The van der Waals surface area contributed by atoms with Gasteiger partial charge in [0, 0.05) is 69.1 Å². The lowest BCUT2D eigenvalue weighted by atomic mass is 9.85. The van der Waals surface area contributed by atoms with Crippen LogP contribution in [-0.4, -0.2) is 63.7 Å². The Morgan fingerprint density at radius 3 is 2.44 bits per heavy atom. The van der Waals surface area contributed by atoms with E-state index in [-0.39, 0.29) is 0 Å². The van der Waals surface area contributed by atoms with E-state index < -0.39 is 0 Å². The molecule has 0 aromatic carbocycles. The van der Waals surface area contributed by atoms with Crippen molar-refractivity contribution in [2.45, 2.75) is 44.2 Å². The van der Waals surface area contributed by atoms with Crippen molar-refractivity contribution in [1.29, 1.82) is 0 Å². The highest BCUT2D eigenvalue weighted by molar-refractivity contribution is 5.30. The average molecular weight is 368 g/mol. The molecule has 2 saturated heterocycles. The van der Waals surface area contributed by atoms with Crippen molar-refractivity contribution in [2.24, 2.45) is 0 Å². The summed E-state index contributed by atoms with van der Waals surface area (Å²) in [5, 5.41) is 0. The molecule has 0 atom stereocenters. The lowest BCUT2D eigenvalue weighted by Crippen LogP contribution is -2.52. The Kier molecular flexibility index (Phi) is 5.59. The monoisotopic (exact) mass is 368 g/mol. The molecule has 0 amide bonds. The maximum absolute atomic E-state index is 5.10. The van der Waals surface area contributed by atoms with Crippen molar-refractivity contribution in [2.75, 3.05) is 38.3 Å². The molecule has 4 heterocycles. The number of nitrogens with zero attached hydrogens (tertiary/aromatic N) is 6. The second-order valence-electron chi connectivity index (χ2n) is 7.54. The number of likely N-dealkylation sites (tertiary alicyclic amines) is 1. The Morgan fingerprint density at radius 1 is 1.00 bits per heavy atom. The van der Waals surface area contributed by atoms with Crippen molar-refractivity contribution in [1.82, 2.24) is 24.8 Å². The van der Waals surface area contributed by atoms with Gasteiger partial charge in [-0.25, -0.2) is 19.9 Å².